The van der Waals surface area contributed by atoms with Gasteiger partial charge in [-0.3, -0.25) is 15.0 Å². The second-order valence-corrected chi connectivity index (χ2v) is 3.18. The molecule has 1 aromatic heterocycles. The van der Waals surface area contributed by atoms with Gasteiger partial charge in [-0.25, -0.2) is 0 Å². The highest BCUT2D eigenvalue weighted by molar-refractivity contribution is 6.40. The van der Waals surface area contributed by atoms with E-state index in [9.17, 15) is 4.79 Å². The first-order valence-electron chi connectivity index (χ1n) is 3.02. The van der Waals surface area contributed by atoms with Crippen LogP contribution in [0.3, 0.4) is 0 Å². The van der Waals surface area contributed by atoms with Gasteiger partial charge in [-0.05, 0) is 0 Å². The van der Waals surface area contributed by atoms with Gasteiger partial charge in [-0.1, -0.05) is 23.2 Å². The molecular formula is C6H3Cl3N2O2. The molecule has 0 aromatic carbocycles. The molecule has 1 heterocycles. The van der Waals surface area contributed by atoms with Crippen LogP contribution in [0.15, 0.2) is 12.4 Å². The fourth-order valence-electron chi connectivity index (χ4n) is 0.708. The van der Waals surface area contributed by atoms with Crippen LogP contribution in [0.2, 0.25) is 10.0 Å². The zero-order valence-corrected chi connectivity index (χ0v) is 8.31. The first kappa shape index (κ1) is 10.5. The molecule has 13 heavy (non-hydrogen) atoms. The van der Waals surface area contributed by atoms with Crippen molar-refractivity contribution >= 4 is 40.9 Å². The third-order valence-corrected chi connectivity index (χ3v) is 1.96. The summed E-state index contributed by atoms with van der Waals surface area (Å²) in [5, 5.41) is 8.69. The Morgan fingerprint density at radius 1 is 1.38 bits per heavy atom. The molecule has 70 valence electrons. The Balaban J connectivity index is 3.20. The van der Waals surface area contributed by atoms with Crippen molar-refractivity contribution in [1.29, 1.82) is 0 Å². The molecular weight excluding hydrogens is 238 g/mol. The minimum absolute atomic E-state index is 0.0252. The largest absolute Gasteiger partial charge is 0.295 e. The molecule has 1 amide bonds. The first-order chi connectivity index (χ1) is 6.04. The van der Waals surface area contributed by atoms with Gasteiger partial charge in [0.1, 0.15) is 0 Å². The lowest BCUT2D eigenvalue weighted by molar-refractivity contribution is 0.00926. The van der Waals surface area contributed by atoms with Crippen LogP contribution < -0.4 is 0 Å². The van der Waals surface area contributed by atoms with Crippen LogP contribution in [-0.4, -0.2) is 20.7 Å². The molecule has 0 atom stereocenters. The van der Waals surface area contributed by atoms with Gasteiger partial charge < -0.3 is 0 Å². The molecule has 1 rings (SSSR count). The van der Waals surface area contributed by atoms with Gasteiger partial charge in [0.25, 0.3) is 5.91 Å². The van der Waals surface area contributed by atoms with E-state index in [-0.39, 0.29) is 20.2 Å². The van der Waals surface area contributed by atoms with E-state index in [0.717, 1.165) is 0 Å². The smallest absolute Gasteiger partial charge is 0.270 e. The van der Waals surface area contributed by atoms with Gasteiger partial charge in [0.05, 0.1) is 15.6 Å². The number of nitrogens with zero attached hydrogens (tertiary/aromatic N) is 2. The fourth-order valence-corrected chi connectivity index (χ4v) is 1.32. The third-order valence-electron chi connectivity index (χ3n) is 1.23. The maximum atomic E-state index is 11.1. The van der Waals surface area contributed by atoms with E-state index in [1.54, 1.807) is 0 Å². The summed E-state index contributed by atoms with van der Waals surface area (Å²) in [5.74, 6) is -0.904. The van der Waals surface area contributed by atoms with E-state index in [0.29, 0.717) is 0 Å². The third kappa shape index (κ3) is 2.22. The molecule has 0 saturated carbocycles. The van der Waals surface area contributed by atoms with Gasteiger partial charge in [-0.2, -0.15) is 0 Å². The lowest BCUT2D eigenvalue weighted by Crippen LogP contribution is -2.18. The summed E-state index contributed by atoms with van der Waals surface area (Å²) in [6.07, 6.45) is 2.45. The van der Waals surface area contributed by atoms with Crippen LogP contribution in [-0.2, 0) is 0 Å². The van der Waals surface area contributed by atoms with Crippen LogP contribution >= 0.6 is 35.0 Å². The molecule has 1 aromatic rings. The summed E-state index contributed by atoms with van der Waals surface area (Å²) < 4.78 is -0.118. The number of hydrogen-bond acceptors (Lipinski definition) is 3. The van der Waals surface area contributed by atoms with Crippen LogP contribution in [0.4, 0.5) is 0 Å². The van der Waals surface area contributed by atoms with Crippen LogP contribution in [0.1, 0.15) is 10.4 Å². The number of halogens is 3. The number of hydrogen-bond donors (Lipinski definition) is 1. The molecule has 0 spiro atoms. The lowest BCUT2D eigenvalue weighted by Gasteiger charge is -2.07. The number of hydroxylamine groups is 1. The van der Waals surface area contributed by atoms with E-state index < -0.39 is 5.91 Å². The molecule has 0 saturated heterocycles. The van der Waals surface area contributed by atoms with Gasteiger partial charge >= 0.3 is 0 Å². The maximum Gasteiger partial charge on any atom is 0.295 e. The van der Waals surface area contributed by atoms with Crippen molar-refractivity contribution in [2.75, 3.05) is 0 Å². The summed E-state index contributed by atoms with van der Waals surface area (Å²) in [6, 6.07) is 0. The van der Waals surface area contributed by atoms with E-state index >= 15 is 0 Å². The van der Waals surface area contributed by atoms with Gasteiger partial charge in [-0.15, -0.1) is 4.58 Å². The molecule has 0 aliphatic carbocycles. The summed E-state index contributed by atoms with van der Waals surface area (Å²) in [4.78, 5) is 14.8. The van der Waals surface area contributed by atoms with E-state index in [2.05, 4.69) is 4.98 Å². The predicted octanol–water partition coefficient (Wildman–Crippen LogP) is 2.37. The highest BCUT2D eigenvalue weighted by Gasteiger charge is 2.19. The molecule has 0 bridgehead atoms. The molecule has 1 N–H and O–H groups in total. The van der Waals surface area contributed by atoms with E-state index in [1.807, 2.05) is 0 Å². The Morgan fingerprint density at radius 2 is 1.85 bits per heavy atom. The number of aromatic nitrogens is 1. The monoisotopic (exact) mass is 240 g/mol. The normalized spacial score (nSPS) is 9.85. The number of rotatable bonds is 1. The van der Waals surface area contributed by atoms with Crippen molar-refractivity contribution < 1.29 is 10.0 Å². The minimum Gasteiger partial charge on any atom is -0.270 e. The van der Waals surface area contributed by atoms with Crippen molar-refractivity contribution in [2.45, 2.75) is 0 Å². The Hall–Kier alpha value is -0.550. The number of pyridine rings is 1. The summed E-state index contributed by atoms with van der Waals surface area (Å²) >= 11 is 16.2. The topological polar surface area (TPSA) is 53.4 Å². The molecule has 0 fully saturated rings. The van der Waals surface area contributed by atoms with Crippen molar-refractivity contribution in [2.24, 2.45) is 0 Å². The Morgan fingerprint density at radius 3 is 2.23 bits per heavy atom. The average Bonchev–Trinajstić information content (AvgIpc) is 2.03. The molecule has 0 aliphatic heterocycles. The zero-order chi connectivity index (χ0) is 10.0. The highest BCUT2D eigenvalue weighted by Crippen LogP contribution is 2.24. The van der Waals surface area contributed by atoms with Crippen LogP contribution in [0.5, 0.6) is 0 Å². The van der Waals surface area contributed by atoms with Crippen molar-refractivity contribution in [3.63, 3.8) is 0 Å². The fraction of sp³-hybridized carbons (Fsp3) is 0. The number of carbonyl (C=O) groups is 1. The summed E-state index contributed by atoms with van der Waals surface area (Å²) in [7, 11) is 0. The SMILES string of the molecule is O=C(c1c(Cl)cncc1Cl)N(O)Cl. The standard InChI is InChI=1S/C6H3Cl3N2O2/c7-3-1-10-2-4(8)5(3)6(12)11(9)13/h1-2,13H. The van der Waals surface area contributed by atoms with Crippen molar-refractivity contribution in [1.82, 2.24) is 9.57 Å². The van der Waals surface area contributed by atoms with Crippen LogP contribution in [0.25, 0.3) is 0 Å². The quantitative estimate of drug-likeness (QED) is 0.466. The molecule has 0 unspecified atom stereocenters. The summed E-state index contributed by atoms with van der Waals surface area (Å²) in [5.41, 5.74) is -0.0872. The number of amides is 1. The van der Waals surface area contributed by atoms with E-state index in [4.69, 9.17) is 40.2 Å². The Labute approximate surface area is 88.7 Å². The van der Waals surface area contributed by atoms with Crippen molar-refractivity contribution in [3.8, 4) is 0 Å². The van der Waals surface area contributed by atoms with Gasteiger partial charge in [0.2, 0.25) is 0 Å². The Bertz CT molecular complexity index is 322. The minimum atomic E-state index is -0.904. The van der Waals surface area contributed by atoms with Crippen molar-refractivity contribution in [3.05, 3.63) is 28.0 Å². The highest BCUT2D eigenvalue weighted by atomic mass is 35.5. The molecule has 7 heteroatoms. The maximum absolute atomic E-state index is 11.1. The molecule has 4 nitrogen and oxygen atoms in total. The van der Waals surface area contributed by atoms with Gasteiger partial charge in [0.15, 0.2) is 0 Å². The van der Waals surface area contributed by atoms with E-state index in [1.165, 1.54) is 12.4 Å². The lowest BCUT2D eigenvalue weighted by atomic mass is 10.2. The zero-order valence-electron chi connectivity index (χ0n) is 6.04. The van der Waals surface area contributed by atoms with Crippen LogP contribution in [0, 0.1) is 0 Å². The Kier molecular flexibility index (Phi) is 3.33. The number of carbonyl (C=O) groups excluding carboxylic acids is 1. The summed E-state index contributed by atoms with van der Waals surface area (Å²) in [6.45, 7) is 0. The second kappa shape index (κ2) is 4.11. The molecule has 0 radical (unpaired) electrons. The first-order valence-corrected chi connectivity index (χ1v) is 4.11. The predicted molar refractivity (Wildman–Crippen MR) is 48.1 cm³/mol. The van der Waals surface area contributed by atoms with Gasteiger partial charge in [0, 0.05) is 24.2 Å². The second-order valence-electron chi connectivity index (χ2n) is 2.04. The molecule has 0 aliphatic rings. The average molecular weight is 241 g/mol.